The lowest BCUT2D eigenvalue weighted by Gasteiger charge is -2.22. The van der Waals surface area contributed by atoms with E-state index < -0.39 is 0 Å². The molecule has 1 amide bonds. The number of aryl methyl sites for hydroxylation is 2. The van der Waals surface area contributed by atoms with Crippen molar-refractivity contribution < 1.29 is 9.53 Å². The Bertz CT molecular complexity index is 909. The monoisotopic (exact) mass is 324 g/mol. The smallest absolute Gasteiger partial charge is 0.268 e. The van der Waals surface area contributed by atoms with Crippen LogP contribution in [0, 0.1) is 0 Å². The Morgan fingerprint density at radius 3 is 3.12 bits per heavy atom. The van der Waals surface area contributed by atoms with E-state index in [4.69, 9.17) is 4.74 Å². The molecule has 1 aliphatic rings. The van der Waals surface area contributed by atoms with E-state index in [1.807, 2.05) is 42.1 Å². The standard InChI is InChI=1S/C18H20N4O2/c1-22-16-6-4-14(24-2)8-11(16)9-17(22)18(23)20-13-3-5-15-12(7-13)10-19-21-15/h4,6,8-10,13H,3,5,7H2,1-2H3,(H,19,21)(H,20,23)/t13-/m1/s1. The first-order valence-corrected chi connectivity index (χ1v) is 8.11. The second-order valence-electron chi connectivity index (χ2n) is 6.30. The van der Waals surface area contributed by atoms with E-state index in [0.717, 1.165) is 35.9 Å². The summed E-state index contributed by atoms with van der Waals surface area (Å²) in [6.07, 6.45) is 4.54. The molecule has 6 heteroatoms. The zero-order valence-electron chi connectivity index (χ0n) is 13.8. The van der Waals surface area contributed by atoms with Crippen LogP contribution in [-0.2, 0) is 19.9 Å². The predicted molar refractivity (Wildman–Crippen MR) is 91.3 cm³/mol. The third kappa shape index (κ3) is 2.44. The van der Waals surface area contributed by atoms with Crippen molar-refractivity contribution >= 4 is 16.8 Å². The van der Waals surface area contributed by atoms with Gasteiger partial charge in [0, 0.05) is 29.7 Å². The number of fused-ring (bicyclic) bond motifs is 2. The van der Waals surface area contributed by atoms with E-state index in [9.17, 15) is 4.79 Å². The molecule has 3 aromatic rings. The van der Waals surface area contributed by atoms with Gasteiger partial charge < -0.3 is 14.6 Å². The van der Waals surface area contributed by atoms with Crippen molar-refractivity contribution in [1.82, 2.24) is 20.1 Å². The molecule has 0 unspecified atom stereocenters. The summed E-state index contributed by atoms with van der Waals surface area (Å²) >= 11 is 0. The molecule has 1 aliphatic carbocycles. The van der Waals surface area contributed by atoms with Crippen LogP contribution in [0.2, 0.25) is 0 Å². The van der Waals surface area contributed by atoms with Crippen molar-refractivity contribution in [1.29, 1.82) is 0 Å². The van der Waals surface area contributed by atoms with Crippen LogP contribution in [0.15, 0.2) is 30.5 Å². The molecule has 2 N–H and O–H groups in total. The molecular weight excluding hydrogens is 304 g/mol. The Kier molecular flexibility index (Phi) is 3.52. The summed E-state index contributed by atoms with van der Waals surface area (Å²) in [5.74, 6) is 0.754. The summed E-state index contributed by atoms with van der Waals surface area (Å²) in [4.78, 5) is 12.7. The van der Waals surface area contributed by atoms with Gasteiger partial charge in [0.1, 0.15) is 11.4 Å². The largest absolute Gasteiger partial charge is 0.497 e. The minimum atomic E-state index is -0.0374. The average molecular weight is 324 g/mol. The summed E-state index contributed by atoms with van der Waals surface area (Å²) < 4.78 is 7.19. The van der Waals surface area contributed by atoms with Crippen molar-refractivity contribution in [2.75, 3.05) is 7.11 Å². The van der Waals surface area contributed by atoms with Gasteiger partial charge in [-0.2, -0.15) is 5.10 Å². The minimum absolute atomic E-state index is 0.0374. The number of carbonyl (C=O) groups excluding carboxylic acids is 1. The molecular formula is C18H20N4O2. The number of aromatic nitrogens is 3. The van der Waals surface area contributed by atoms with Crippen molar-refractivity contribution in [3.8, 4) is 5.75 Å². The first-order chi connectivity index (χ1) is 11.7. The second-order valence-corrected chi connectivity index (χ2v) is 6.30. The van der Waals surface area contributed by atoms with Gasteiger partial charge in [-0.3, -0.25) is 9.89 Å². The fourth-order valence-electron chi connectivity index (χ4n) is 3.47. The molecule has 0 fully saturated rings. The van der Waals surface area contributed by atoms with Crippen LogP contribution in [0.3, 0.4) is 0 Å². The molecule has 2 aromatic heterocycles. The number of H-pyrrole nitrogens is 1. The zero-order valence-corrected chi connectivity index (χ0v) is 13.8. The number of nitrogens with one attached hydrogen (secondary N) is 2. The molecule has 0 bridgehead atoms. The van der Waals surface area contributed by atoms with Gasteiger partial charge in [0.2, 0.25) is 0 Å². The molecule has 0 saturated heterocycles. The molecule has 4 rings (SSSR count). The van der Waals surface area contributed by atoms with Gasteiger partial charge in [0.25, 0.3) is 5.91 Å². The molecule has 0 radical (unpaired) electrons. The maximum absolute atomic E-state index is 12.7. The summed E-state index contributed by atoms with van der Waals surface area (Å²) in [6, 6.07) is 7.90. The fraction of sp³-hybridized carbons (Fsp3) is 0.333. The van der Waals surface area contributed by atoms with Gasteiger partial charge in [-0.25, -0.2) is 0 Å². The topological polar surface area (TPSA) is 71.9 Å². The normalized spacial score (nSPS) is 16.8. The minimum Gasteiger partial charge on any atom is -0.497 e. The SMILES string of the molecule is COc1ccc2c(c1)cc(C(=O)N[C@@H]1CCc3[nH]ncc3C1)n2C. The number of amides is 1. The van der Waals surface area contributed by atoms with E-state index in [0.29, 0.717) is 5.69 Å². The number of methoxy groups -OCH3 is 1. The molecule has 0 aliphatic heterocycles. The first kappa shape index (κ1) is 14.8. The van der Waals surface area contributed by atoms with Crippen LogP contribution in [0.5, 0.6) is 5.75 Å². The quantitative estimate of drug-likeness (QED) is 0.776. The van der Waals surface area contributed by atoms with Gasteiger partial charge in [0.15, 0.2) is 0 Å². The Labute approximate surface area is 139 Å². The van der Waals surface area contributed by atoms with Crippen molar-refractivity contribution in [3.05, 3.63) is 47.4 Å². The van der Waals surface area contributed by atoms with Gasteiger partial charge in [-0.15, -0.1) is 0 Å². The lowest BCUT2D eigenvalue weighted by atomic mass is 9.93. The van der Waals surface area contributed by atoms with E-state index in [2.05, 4.69) is 15.5 Å². The molecule has 6 nitrogen and oxygen atoms in total. The Balaban J connectivity index is 1.56. The number of hydrogen-bond donors (Lipinski definition) is 2. The van der Waals surface area contributed by atoms with Gasteiger partial charge in [0.05, 0.1) is 13.3 Å². The summed E-state index contributed by atoms with van der Waals surface area (Å²) in [7, 11) is 3.56. The van der Waals surface area contributed by atoms with Crippen molar-refractivity contribution in [2.45, 2.75) is 25.3 Å². The number of ether oxygens (including phenoxy) is 1. The Hall–Kier alpha value is -2.76. The molecule has 2 heterocycles. The van der Waals surface area contributed by atoms with Crippen LogP contribution >= 0.6 is 0 Å². The van der Waals surface area contributed by atoms with E-state index in [-0.39, 0.29) is 11.9 Å². The lowest BCUT2D eigenvalue weighted by molar-refractivity contribution is 0.0926. The van der Waals surface area contributed by atoms with Crippen molar-refractivity contribution in [2.24, 2.45) is 7.05 Å². The highest BCUT2D eigenvalue weighted by Crippen LogP contribution is 2.24. The first-order valence-electron chi connectivity index (χ1n) is 8.11. The third-order valence-electron chi connectivity index (χ3n) is 4.83. The molecule has 124 valence electrons. The van der Waals surface area contributed by atoms with E-state index in [1.54, 1.807) is 7.11 Å². The summed E-state index contributed by atoms with van der Waals surface area (Å²) in [5.41, 5.74) is 4.07. The number of nitrogens with zero attached hydrogens (tertiary/aromatic N) is 2. The number of carbonyl (C=O) groups is 1. The molecule has 24 heavy (non-hydrogen) atoms. The summed E-state index contributed by atoms with van der Waals surface area (Å²) in [5, 5.41) is 11.3. The lowest BCUT2D eigenvalue weighted by Crippen LogP contribution is -2.39. The maximum Gasteiger partial charge on any atom is 0.268 e. The van der Waals surface area contributed by atoms with Crippen LogP contribution in [0.4, 0.5) is 0 Å². The number of benzene rings is 1. The van der Waals surface area contributed by atoms with Gasteiger partial charge in [-0.05, 0) is 49.1 Å². The molecule has 1 aromatic carbocycles. The highest BCUT2D eigenvalue weighted by molar-refractivity contribution is 5.99. The Morgan fingerprint density at radius 1 is 1.42 bits per heavy atom. The molecule has 1 atom stereocenters. The van der Waals surface area contributed by atoms with E-state index in [1.165, 1.54) is 11.3 Å². The van der Waals surface area contributed by atoms with Gasteiger partial charge >= 0.3 is 0 Å². The van der Waals surface area contributed by atoms with Gasteiger partial charge in [-0.1, -0.05) is 0 Å². The number of rotatable bonds is 3. The number of aromatic amines is 1. The molecule has 0 saturated carbocycles. The predicted octanol–water partition coefficient (Wildman–Crippen LogP) is 2.20. The highest BCUT2D eigenvalue weighted by atomic mass is 16.5. The maximum atomic E-state index is 12.7. The average Bonchev–Trinajstić information content (AvgIpc) is 3.18. The van der Waals surface area contributed by atoms with Crippen LogP contribution in [-0.4, -0.2) is 33.8 Å². The second kappa shape index (κ2) is 5.70. The third-order valence-corrected chi connectivity index (χ3v) is 4.83. The zero-order chi connectivity index (χ0) is 16.7. The summed E-state index contributed by atoms with van der Waals surface area (Å²) in [6.45, 7) is 0. The van der Waals surface area contributed by atoms with Crippen molar-refractivity contribution in [3.63, 3.8) is 0 Å². The van der Waals surface area contributed by atoms with Crippen LogP contribution in [0.1, 0.15) is 28.2 Å². The van der Waals surface area contributed by atoms with E-state index >= 15 is 0 Å². The molecule has 0 spiro atoms. The number of hydrogen-bond acceptors (Lipinski definition) is 3. The van der Waals surface area contributed by atoms with Crippen LogP contribution in [0.25, 0.3) is 10.9 Å². The Morgan fingerprint density at radius 2 is 2.29 bits per heavy atom. The fourth-order valence-corrected chi connectivity index (χ4v) is 3.47. The van der Waals surface area contributed by atoms with Crippen LogP contribution < -0.4 is 10.1 Å². The highest BCUT2D eigenvalue weighted by Gasteiger charge is 2.23.